The lowest BCUT2D eigenvalue weighted by Crippen LogP contribution is -2.51. The Kier molecular flexibility index (Phi) is 14.4. The first-order chi connectivity index (χ1) is 9.78. The van der Waals surface area contributed by atoms with Gasteiger partial charge in [0.15, 0.2) is 0 Å². The van der Waals surface area contributed by atoms with Crippen LogP contribution in [-0.2, 0) is 0 Å². The van der Waals surface area contributed by atoms with Crippen molar-refractivity contribution in [1.29, 1.82) is 0 Å². The summed E-state index contributed by atoms with van der Waals surface area (Å²) in [6.45, 7) is 10.3. The highest BCUT2D eigenvalue weighted by Crippen LogP contribution is 1.83. The zero-order chi connectivity index (χ0) is 15.1. The second kappa shape index (κ2) is 14.8. The molecule has 0 aliphatic heterocycles. The number of hydrogen-bond acceptors (Lipinski definition) is 7. The Morgan fingerprint density at radius 3 is 2.30 bits per heavy atom. The summed E-state index contributed by atoms with van der Waals surface area (Å²) in [5.74, 6) is 0. The lowest BCUT2D eigenvalue weighted by atomic mass is 10.2. The van der Waals surface area contributed by atoms with Crippen LogP contribution >= 0.6 is 0 Å². The number of rotatable bonds is 15. The molecule has 0 amide bonds. The maximum atomic E-state index is 5.77. The second-order valence-corrected chi connectivity index (χ2v) is 4.79. The van der Waals surface area contributed by atoms with Gasteiger partial charge in [-0.05, 0) is 20.8 Å². The molecule has 120 valence electrons. The van der Waals surface area contributed by atoms with Crippen LogP contribution in [0.3, 0.4) is 0 Å². The molecule has 7 N–H and O–H groups in total. The first-order valence-electron chi connectivity index (χ1n) is 7.37. The van der Waals surface area contributed by atoms with Crippen molar-refractivity contribution in [2.75, 3.05) is 66.5 Å². The van der Waals surface area contributed by atoms with Crippen LogP contribution in [0, 0.1) is 0 Å². The van der Waals surface area contributed by atoms with Gasteiger partial charge in [0.1, 0.15) is 0 Å². The van der Waals surface area contributed by atoms with Crippen LogP contribution in [0.4, 0.5) is 0 Å². The molecule has 0 rings (SSSR count). The van der Waals surface area contributed by atoms with Crippen molar-refractivity contribution in [3.05, 3.63) is 0 Å². The average molecular weight is 287 g/mol. The zero-order valence-electron chi connectivity index (χ0n) is 13.0. The minimum atomic E-state index is 0.285. The standard InChI is InChI=1S/C13H33N7/c1-15-4-6-18-9-12(8-14)20-11-13(17-3)10-19-7-5-16-2/h12-13,16-20H,1,4-11,14H2,2-3H3. The molecule has 0 bridgehead atoms. The van der Waals surface area contributed by atoms with Crippen LogP contribution in [0.15, 0.2) is 4.99 Å². The molecule has 0 saturated carbocycles. The Morgan fingerprint density at radius 2 is 1.70 bits per heavy atom. The van der Waals surface area contributed by atoms with Crippen molar-refractivity contribution in [3.63, 3.8) is 0 Å². The molecule has 0 heterocycles. The molecule has 7 nitrogen and oxygen atoms in total. The number of hydrogen-bond donors (Lipinski definition) is 6. The van der Waals surface area contributed by atoms with E-state index in [1.165, 1.54) is 0 Å². The molecule has 2 unspecified atom stereocenters. The number of nitrogens with zero attached hydrogens (tertiary/aromatic N) is 1. The molecule has 0 saturated heterocycles. The minimum Gasteiger partial charge on any atom is -0.329 e. The number of nitrogens with one attached hydrogen (secondary N) is 5. The van der Waals surface area contributed by atoms with Gasteiger partial charge in [-0.15, -0.1) is 0 Å². The van der Waals surface area contributed by atoms with E-state index >= 15 is 0 Å². The molecule has 0 fully saturated rings. The molecular weight excluding hydrogens is 254 g/mol. The van der Waals surface area contributed by atoms with Crippen molar-refractivity contribution < 1.29 is 0 Å². The summed E-state index contributed by atoms with van der Waals surface area (Å²) in [6.07, 6.45) is 0. The lowest BCUT2D eigenvalue weighted by Gasteiger charge is -2.22. The van der Waals surface area contributed by atoms with E-state index < -0.39 is 0 Å². The highest BCUT2D eigenvalue weighted by molar-refractivity contribution is 5.23. The summed E-state index contributed by atoms with van der Waals surface area (Å²) in [6, 6.07) is 0.684. The maximum absolute atomic E-state index is 5.77. The van der Waals surface area contributed by atoms with Crippen LogP contribution in [-0.4, -0.2) is 85.3 Å². The fourth-order valence-electron chi connectivity index (χ4n) is 1.75. The van der Waals surface area contributed by atoms with Gasteiger partial charge in [0.25, 0.3) is 0 Å². The number of aliphatic imine (C=N–C) groups is 1. The van der Waals surface area contributed by atoms with Crippen molar-refractivity contribution in [2.45, 2.75) is 12.1 Å². The zero-order valence-corrected chi connectivity index (χ0v) is 13.0. The third-order valence-electron chi connectivity index (χ3n) is 3.13. The van der Waals surface area contributed by atoms with Crippen LogP contribution in [0.25, 0.3) is 0 Å². The average Bonchev–Trinajstić information content (AvgIpc) is 2.48. The van der Waals surface area contributed by atoms with Gasteiger partial charge in [0.2, 0.25) is 0 Å². The normalized spacial score (nSPS) is 14.2. The summed E-state index contributed by atoms with van der Waals surface area (Å²) in [5, 5.41) is 16.6. The molecule has 0 aromatic carbocycles. The summed E-state index contributed by atoms with van der Waals surface area (Å²) in [7, 11) is 3.94. The van der Waals surface area contributed by atoms with Gasteiger partial charge in [-0.2, -0.15) is 0 Å². The van der Waals surface area contributed by atoms with Gasteiger partial charge in [-0.1, -0.05) is 0 Å². The largest absolute Gasteiger partial charge is 0.329 e. The Bertz CT molecular complexity index is 213. The fraction of sp³-hybridized carbons (Fsp3) is 0.923. The van der Waals surface area contributed by atoms with E-state index in [-0.39, 0.29) is 6.04 Å². The third kappa shape index (κ3) is 11.3. The second-order valence-electron chi connectivity index (χ2n) is 4.79. The Balaban J connectivity index is 3.72. The van der Waals surface area contributed by atoms with Crippen molar-refractivity contribution in [3.8, 4) is 0 Å². The first-order valence-corrected chi connectivity index (χ1v) is 7.37. The monoisotopic (exact) mass is 287 g/mol. The van der Waals surface area contributed by atoms with Crippen LogP contribution in [0.2, 0.25) is 0 Å². The van der Waals surface area contributed by atoms with Gasteiger partial charge < -0.3 is 32.3 Å². The first kappa shape index (κ1) is 19.4. The molecule has 0 aromatic rings. The highest BCUT2D eigenvalue weighted by atomic mass is 15.1. The van der Waals surface area contributed by atoms with E-state index in [2.05, 4.69) is 38.3 Å². The molecule has 7 heteroatoms. The van der Waals surface area contributed by atoms with E-state index in [4.69, 9.17) is 5.73 Å². The van der Waals surface area contributed by atoms with E-state index in [1.54, 1.807) is 0 Å². The molecule has 0 aliphatic rings. The summed E-state index contributed by atoms with van der Waals surface area (Å²) in [4.78, 5) is 3.81. The van der Waals surface area contributed by atoms with Crippen molar-refractivity contribution >= 4 is 6.72 Å². The van der Waals surface area contributed by atoms with Crippen LogP contribution in [0.5, 0.6) is 0 Å². The highest BCUT2D eigenvalue weighted by Gasteiger charge is 2.09. The van der Waals surface area contributed by atoms with E-state index in [0.717, 1.165) is 45.8 Å². The third-order valence-corrected chi connectivity index (χ3v) is 3.13. The predicted octanol–water partition coefficient (Wildman–Crippen LogP) is -2.41. The smallest absolute Gasteiger partial charge is 0.0507 e. The maximum Gasteiger partial charge on any atom is 0.0507 e. The molecule has 0 radical (unpaired) electrons. The van der Waals surface area contributed by atoms with Gasteiger partial charge in [0, 0.05) is 57.9 Å². The van der Waals surface area contributed by atoms with Gasteiger partial charge in [0.05, 0.1) is 6.54 Å². The summed E-state index contributed by atoms with van der Waals surface area (Å²) in [5.41, 5.74) is 5.77. The summed E-state index contributed by atoms with van der Waals surface area (Å²) >= 11 is 0. The molecule has 0 aliphatic carbocycles. The molecule has 2 atom stereocenters. The Hall–Kier alpha value is -0.570. The van der Waals surface area contributed by atoms with Gasteiger partial charge in [-0.25, -0.2) is 0 Å². The van der Waals surface area contributed by atoms with E-state index in [0.29, 0.717) is 12.6 Å². The molecule has 0 spiro atoms. The fourth-order valence-corrected chi connectivity index (χ4v) is 1.75. The lowest BCUT2D eigenvalue weighted by molar-refractivity contribution is 0.420. The molecule has 0 aromatic heterocycles. The minimum absolute atomic E-state index is 0.285. The Labute approximate surface area is 123 Å². The quantitative estimate of drug-likeness (QED) is 0.148. The van der Waals surface area contributed by atoms with Gasteiger partial charge in [-0.3, -0.25) is 4.99 Å². The van der Waals surface area contributed by atoms with Crippen LogP contribution in [0.1, 0.15) is 0 Å². The van der Waals surface area contributed by atoms with E-state index in [9.17, 15) is 0 Å². The van der Waals surface area contributed by atoms with Crippen LogP contribution < -0.4 is 32.3 Å². The Morgan fingerprint density at radius 1 is 1.00 bits per heavy atom. The number of nitrogens with two attached hydrogens (primary N) is 1. The van der Waals surface area contributed by atoms with Crippen molar-refractivity contribution in [1.82, 2.24) is 26.6 Å². The topological polar surface area (TPSA) is 98.5 Å². The molecular formula is C13H33N7. The van der Waals surface area contributed by atoms with Crippen molar-refractivity contribution in [2.24, 2.45) is 10.7 Å². The van der Waals surface area contributed by atoms with Gasteiger partial charge >= 0.3 is 0 Å². The predicted molar refractivity (Wildman–Crippen MR) is 87.8 cm³/mol. The summed E-state index contributed by atoms with van der Waals surface area (Å²) < 4.78 is 0. The molecule has 20 heavy (non-hydrogen) atoms. The number of likely N-dealkylation sites (N-methyl/N-ethyl adjacent to an activating group) is 2. The van der Waals surface area contributed by atoms with E-state index in [1.807, 2.05) is 14.1 Å². The SMILES string of the molecule is C=NCCNCC(CN)NCC(CNCCNC)NC.